The van der Waals surface area contributed by atoms with Gasteiger partial charge in [0.1, 0.15) is 0 Å². The number of hydrogen-bond acceptors (Lipinski definition) is 3. The molecule has 104 valence electrons. The van der Waals surface area contributed by atoms with Gasteiger partial charge in [-0.1, -0.05) is 38.4 Å². The highest BCUT2D eigenvalue weighted by atomic mass is 32.1. The summed E-state index contributed by atoms with van der Waals surface area (Å²) in [5.41, 5.74) is 5.68. The van der Waals surface area contributed by atoms with Crippen molar-refractivity contribution in [3.63, 3.8) is 0 Å². The SMILES string of the molecule is CCCC(C(=O)N(CCO)C1CCCC1)C(N)=S. The van der Waals surface area contributed by atoms with Crippen LogP contribution in [0.1, 0.15) is 45.4 Å². The minimum absolute atomic E-state index is 0.00157. The molecule has 1 atom stereocenters. The maximum absolute atomic E-state index is 12.5. The minimum Gasteiger partial charge on any atom is -0.395 e. The summed E-state index contributed by atoms with van der Waals surface area (Å²) in [7, 11) is 0. The number of aliphatic hydroxyl groups excluding tert-OH is 1. The first kappa shape index (κ1) is 15.4. The lowest BCUT2D eigenvalue weighted by atomic mass is 10.0. The summed E-state index contributed by atoms with van der Waals surface area (Å²) >= 11 is 5.00. The Morgan fingerprint density at radius 1 is 1.50 bits per heavy atom. The second kappa shape index (κ2) is 7.69. The van der Waals surface area contributed by atoms with Crippen LogP contribution in [0.3, 0.4) is 0 Å². The molecule has 0 radical (unpaired) electrons. The number of nitrogens with two attached hydrogens (primary N) is 1. The van der Waals surface area contributed by atoms with Crippen LogP contribution >= 0.6 is 12.2 Å². The van der Waals surface area contributed by atoms with Crippen molar-refractivity contribution in [3.05, 3.63) is 0 Å². The molecule has 0 saturated heterocycles. The molecule has 0 heterocycles. The standard InChI is InChI=1S/C13H24N2O2S/c1-2-5-11(12(14)18)13(17)15(8-9-16)10-6-3-4-7-10/h10-11,16H,2-9H2,1H3,(H2,14,18). The molecule has 4 nitrogen and oxygen atoms in total. The van der Waals surface area contributed by atoms with Crippen molar-refractivity contribution in [2.24, 2.45) is 11.7 Å². The summed E-state index contributed by atoms with van der Waals surface area (Å²) < 4.78 is 0. The van der Waals surface area contributed by atoms with Crippen LogP contribution in [-0.2, 0) is 4.79 Å². The van der Waals surface area contributed by atoms with E-state index in [1.807, 2.05) is 6.92 Å². The monoisotopic (exact) mass is 272 g/mol. The molecule has 18 heavy (non-hydrogen) atoms. The number of hydrogen-bond donors (Lipinski definition) is 2. The Morgan fingerprint density at radius 3 is 2.56 bits per heavy atom. The summed E-state index contributed by atoms with van der Waals surface area (Å²) in [4.78, 5) is 14.6. The fourth-order valence-corrected chi connectivity index (χ4v) is 2.89. The molecule has 1 aliphatic carbocycles. The van der Waals surface area contributed by atoms with E-state index in [0.29, 0.717) is 13.0 Å². The fourth-order valence-electron chi connectivity index (χ4n) is 2.67. The number of carbonyl (C=O) groups excluding carboxylic acids is 1. The third-order valence-corrected chi connectivity index (χ3v) is 3.89. The van der Waals surface area contributed by atoms with Gasteiger partial charge in [0.05, 0.1) is 17.5 Å². The van der Waals surface area contributed by atoms with E-state index in [1.165, 1.54) is 0 Å². The minimum atomic E-state index is -0.364. The molecule has 0 aliphatic heterocycles. The van der Waals surface area contributed by atoms with Crippen LogP contribution in [0.4, 0.5) is 0 Å². The highest BCUT2D eigenvalue weighted by molar-refractivity contribution is 7.80. The third kappa shape index (κ3) is 3.92. The zero-order valence-electron chi connectivity index (χ0n) is 11.1. The van der Waals surface area contributed by atoms with Crippen LogP contribution in [0.2, 0.25) is 0 Å². The number of amides is 1. The first-order valence-electron chi connectivity index (χ1n) is 6.82. The molecule has 1 rings (SSSR count). The molecule has 0 bridgehead atoms. The molecule has 0 aromatic heterocycles. The van der Waals surface area contributed by atoms with E-state index < -0.39 is 0 Å². The Bertz CT molecular complexity index is 291. The molecule has 3 N–H and O–H groups in total. The van der Waals surface area contributed by atoms with Gasteiger partial charge in [-0.25, -0.2) is 0 Å². The van der Waals surface area contributed by atoms with Gasteiger partial charge < -0.3 is 15.7 Å². The molecule has 1 saturated carbocycles. The van der Waals surface area contributed by atoms with Gasteiger partial charge in [0.15, 0.2) is 0 Å². The van der Waals surface area contributed by atoms with Gasteiger partial charge in [0.2, 0.25) is 5.91 Å². The first-order valence-corrected chi connectivity index (χ1v) is 7.23. The first-order chi connectivity index (χ1) is 8.61. The summed E-state index contributed by atoms with van der Waals surface area (Å²) in [6.07, 6.45) is 5.95. The Morgan fingerprint density at radius 2 is 2.11 bits per heavy atom. The number of rotatable bonds is 7. The number of aliphatic hydroxyl groups is 1. The normalized spacial score (nSPS) is 17.7. The van der Waals surface area contributed by atoms with Gasteiger partial charge >= 0.3 is 0 Å². The van der Waals surface area contributed by atoms with E-state index in [1.54, 1.807) is 4.90 Å². The highest BCUT2D eigenvalue weighted by Crippen LogP contribution is 2.25. The second-order valence-electron chi connectivity index (χ2n) is 4.94. The van der Waals surface area contributed by atoms with E-state index in [4.69, 9.17) is 23.1 Å². The fraction of sp³-hybridized carbons (Fsp3) is 0.846. The molecular formula is C13H24N2O2S. The number of nitrogens with zero attached hydrogens (tertiary/aromatic N) is 1. The summed E-state index contributed by atoms with van der Waals surface area (Å²) in [5, 5.41) is 9.14. The van der Waals surface area contributed by atoms with Crippen molar-refractivity contribution in [2.75, 3.05) is 13.2 Å². The lowest BCUT2D eigenvalue weighted by Gasteiger charge is -2.31. The maximum atomic E-state index is 12.5. The Labute approximate surface area is 115 Å². The maximum Gasteiger partial charge on any atom is 0.232 e. The summed E-state index contributed by atoms with van der Waals surface area (Å²) in [5.74, 6) is -0.359. The Hall–Kier alpha value is -0.680. The highest BCUT2D eigenvalue weighted by Gasteiger charge is 2.31. The average molecular weight is 272 g/mol. The molecule has 0 aromatic rings. The van der Waals surface area contributed by atoms with Crippen LogP contribution in [0.15, 0.2) is 0 Å². The number of thiocarbonyl (C=S) groups is 1. The van der Waals surface area contributed by atoms with Crippen LogP contribution in [-0.4, -0.2) is 40.1 Å². The van der Waals surface area contributed by atoms with Crippen LogP contribution in [0, 0.1) is 5.92 Å². The zero-order chi connectivity index (χ0) is 13.5. The number of carbonyl (C=O) groups is 1. The van der Waals surface area contributed by atoms with Gasteiger partial charge in [-0.2, -0.15) is 0 Å². The predicted molar refractivity (Wildman–Crippen MR) is 76.2 cm³/mol. The van der Waals surface area contributed by atoms with Gasteiger partial charge in [-0.15, -0.1) is 0 Å². The lowest BCUT2D eigenvalue weighted by molar-refractivity contribution is -0.136. The largest absolute Gasteiger partial charge is 0.395 e. The molecule has 1 aliphatic rings. The van der Waals surface area contributed by atoms with Gasteiger partial charge in [-0.3, -0.25) is 4.79 Å². The van der Waals surface area contributed by atoms with E-state index in [2.05, 4.69) is 0 Å². The van der Waals surface area contributed by atoms with E-state index in [9.17, 15) is 4.79 Å². The van der Waals surface area contributed by atoms with Crippen molar-refractivity contribution in [1.82, 2.24) is 4.90 Å². The quantitative estimate of drug-likeness (QED) is 0.688. The molecule has 0 aromatic carbocycles. The molecule has 5 heteroatoms. The average Bonchev–Trinajstić information content (AvgIpc) is 2.85. The third-order valence-electron chi connectivity index (χ3n) is 3.61. The predicted octanol–water partition coefficient (Wildman–Crippen LogP) is 1.45. The van der Waals surface area contributed by atoms with Crippen molar-refractivity contribution in [3.8, 4) is 0 Å². The molecule has 1 amide bonds. The summed E-state index contributed by atoms with van der Waals surface area (Å²) in [6.45, 7) is 2.41. The molecule has 1 fully saturated rings. The van der Waals surface area contributed by atoms with E-state index in [0.717, 1.165) is 32.1 Å². The second-order valence-corrected chi connectivity index (χ2v) is 5.41. The molecular weight excluding hydrogens is 248 g/mol. The van der Waals surface area contributed by atoms with Crippen molar-refractivity contribution < 1.29 is 9.90 Å². The Kier molecular flexibility index (Phi) is 6.57. The topological polar surface area (TPSA) is 66.6 Å². The lowest BCUT2D eigenvalue weighted by Crippen LogP contribution is -2.47. The van der Waals surface area contributed by atoms with Crippen molar-refractivity contribution in [2.45, 2.75) is 51.5 Å². The van der Waals surface area contributed by atoms with Crippen molar-refractivity contribution in [1.29, 1.82) is 0 Å². The van der Waals surface area contributed by atoms with Gasteiger partial charge in [0.25, 0.3) is 0 Å². The zero-order valence-corrected chi connectivity index (χ0v) is 11.9. The molecule has 0 spiro atoms. The Balaban J connectivity index is 2.75. The van der Waals surface area contributed by atoms with E-state index in [-0.39, 0.29) is 29.5 Å². The van der Waals surface area contributed by atoms with E-state index >= 15 is 0 Å². The van der Waals surface area contributed by atoms with Crippen molar-refractivity contribution >= 4 is 23.1 Å². The molecule has 1 unspecified atom stereocenters. The van der Waals surface area contributed by atoms with Crippen LogP contribution < -0.4 is 5.73 Å². The summed E-state index contributed by atoms with van der Waals surface area (Å²) in [6, 6.07) is 0.262. The van der Waals surface area contributed by atoms with Gasteiger partial charge in [0, 0.05) is 12.6 Å². The smallest absolute Gasteiger partial charge is 0.232 e. The van der Waals surface area contributed by atoms with Gasteiger partial charge in [-0.05, 0) is 19.3 Å². The van der Waals surface area contributed by atoms with Crippen LogP contribution in [0.5, 0.6) is 0 Å². The van der Waals surface area contributed by atoms with Crippen LogP contribution in [0.25, 0.3) is 0 Å².